The molecular formula is C10H18O3. The molecule has 3 heteroatoms. The maximum absolute atomic E-state index is 11.4. The fourth-order valence-electron chi connectivity index (χ4n) is 0.873. The third-order valence-electron chi connectivity index (χ3n) is 2.07. The highest BCUT2D eigenvalue weighted by molar-refractivity contribution is 6.02. The van der Waals surface area contributed by atoms with Crippen molar-refractivity contribution in [1.82, 2.24) is 0 Å². The molecule has 76 valence electrons. The second kappa shape index (κ2) is 5.12. The van der Waals surface area contributed by atoms with Crippen molar-refractivity contribution in [2.75, 3.05) is 7.11 Å². The van der Waals surface area contributed by atoms with Crippen molar-refractivity contribution in [3.63, 3.8) is 0 Å². The Morgan fingerprint density at radius 2 is 1.85 bits per heavy atom. The quantitative estimate of drug-likeness (QED) is 0.593. The Balaban J connectivity index is 4.07. The van der Waals surface area contributed by atoms with E-state index in [0.29, 0.717) is 6.42 Å². The molecule has 0 atom stereocenters. The molecule has 0 aliphatic heterocycles. The highest BCUT2D eigenvalue weighted by Gasteiger charge is 2.27. The molecule has 0 saturated carbocycles. The fraction of sp³-hybridized carbons (Fsp3) is 0.800. The summed E-state index contributed by atoms with van der Waals surface area (Å²) in [7, 11) is 1.47. The third kappa shape index (κ3) is 4.18. The standard InChI is InChI=1S/C10H18O3/c1-5-6-8(11)7-9(12)10(2,3)13-4/h5-7H2,1-4H3. The van der Waals surface area contributed by atoms with Crippen LogP contribution in [0, 0.1) is 0 Å². The van der Waals surface area contributed by atoms with Crippen LogP contribution >= 0.6 is 0 Å². The molecule has 0 aliphatic carbocycles. The van der Waals surface area contributed by atoms with Crippen molar-refractivity contribution in [3.05, 3.63) is 0 Å². The molecule has 0 bridgehead atoms. The summed E-state index contributed by atoms with van der Waals surface area (Å²) in [4.78, 5) is 22.6. The second-order valence-corrected chi connectivity index (χ2v) is 3.60. The molecular weight excluding hydrogens is 168 g/mol. The predicted octanol–water partition coefficient (Wildman–Crippen LogP) is 1.74. The van der Waals surface area contributed by atoms with E-state index in [1.165, 1.54) is 7.11 Å². The Labute approximate surface area is 79.5 Å². The highest BCUT2D eigenvalue weighted by Crippen LogP contribution is 2.12. The van der Waals surface area contributed by atoms with E-state index in [-0.39, 0.29) is 18.0 Å². The molecule has 0 saturated heterocycles. The molecule has 0 aromatic carbocycles. The predicted molar refractivity (Wildman–Crippen MR) is 50.6 cm³/mol. The van der Waals surface area contributed by atoms with Crippen LogP contribution < -0.4 is 0 Å². The summed E-state index contributed by atoms with van der Waals surface area (Å²) in [6.45, 7) is 5.27. The molecule has 0 heterocycles. The Morgan fingerprint density at radius 3 is 2.23 bits per heavy atom. The Hall–Kier alpha value is -0.700. The van der Waals surface area contributed by atoms with Gasteiger partial charge in [-0.05, 0) is 20.3 Å². The summed E-state index contributed by atoms with van der Waals surface area (Å²) in [6, 6.07) is 0. The number of carbonyl (C=O) groups is 2. The van der Waals surface area contributed by atoms with Gasteiger partial charge < -0.3 is 4.74 Å². The summed E-state index contributed by atoms with van der Waals surface area (Å²) in [5.74, 6) is -0.147. The third-order valence-corrected chi connectivity index (χ3v) is 2.07. The molecule has 13 heavy (non-hydrogen) atoms. The van der Waals surface area contributed by atoms with Crippen molar-refractivity contribution in [3.8, 4) is 0 Å². The second-order valence-electron chi connectivity index (χ2n) is 3.60. The van der Waals surface area contributed by atoms with Gasteiger partial charge in [0, 0.05) is 13.5 Å². The van der Waals surface area contributed by atoms with Crippen LogP contribution in [0.3, 0.4) is 0 Å². The maximum Gasteiger partial charge on any atom is 0.171 e. The van der Waals surface area contributed by atoms with Crippen LogP contribution in [0.25, 0.3) is 0 Å². The van der Waals surface area contributed by atoms with E-state index in [1.54, 1.807) is 13.8 Å². The average molecular weight is 186 g/mol. The molecule has 0 N–H and O–H groups in total. The maximum atomic E-state index is 11.4. The van der Waals surface area contributed by atoms with Crippen molar-refractivity contribution >= 4 is 11.6 Å². The van der Waals surface area contributed by atoms with E-state index in [2.05, 4.69) is 0 Å². The number of hydrogen-bond acceptors (Lipinski definition) is 3. The summed E-state index contributed by atoms with van der Waals surface area (Å²) in [5, 5.41) is 0. The normalized spacial score (nSPS) is 11.4. The first-order valence-corrected chi connectivity index (χ1v) is 4.54. The highest BCUT2D eigenvalue weighted by atomic mass is 16.5. The number of methoxy groups -OCH3 is 1. The summed E-state index contributed by atoms with van der Waals surface area (Å²) in [5.41, 5.74) is -0.830. The van der Waals surface area contributed by atoms with Gasteiger partial charge in [0.05, 0.1) is 6.42 Å². The molecule has 0 amide bonds. The smallest absolute Gasteiger partial charge is 0.171 e. The fourth-order valence-corrected chi connectivity index (χ4v) is 0.873. The first-order chi connectivity index (χ1) is 5.94. The summed E-state index contributed by atoms with van der Waals surface area (Å²) < 4.78 is 4.98. The van der Waals surface area contributed by atoms with E-state index < -0.39 is 5.60 Å². The molecule has 0 aromatic rings. The van der Waals surface area contributed by atoms with Crippen LogP contribution in [0.15, 0.2) is 0 Å². The number of ether oxygens (including phenoxy) is 1. The van der Waals surface area contributed by atoms with Gasteiger partial charge in [-0.15, -0.1) is 0 Å². The van der Waals surface area contributed by atoms with Gasteiger partial charge in [-0.3, -0.25) is 9.59 Å². The molecule has 0 spiro atoms. The van der Waals surface area contributed by atoms with Gasteiger partial charge in [-0.2, -0.15) is 0 Å². The number of hydrogen-bond donors (Lipinski definition) is 0. The van der Waals surface area contributed by atoms with E-state index >= 15 is 0 Å². The summed E-state index contributed by atoms with van der Waals surface area (Å²) >= 11 is 0. The van der Waals surface area contributed by atoms with Gasteiger partial charge in [0.15, 0.2) is 5.78 Å². The number of Topliss-reactive ketones (excluding diaryl/α,β-unsaturated/α-hetero) is 2. The van der Waals surface area contributed by atoms with Crippen LogP contribution in [-0.4, -0.2) is 24.3 Å². The van der Waals surface area contributed by atoms with Crippen molar-refractivity contribution in [1.29, 1.82) is 0 Å². The SMILES string of the molecule is CCCC(=O)CC(=O)C(C)(C)OC. The minimum absolute atomic E-state index is 0.00220. The van der Waals surface area contributed by atoms with Crippen molar-refractivity contribution in [2.45, 2.75) is 45.6 Å². The van der Waals surface area contributed by atoms with E-state index in [0.717, 1.165) is 6.42 Å². The zero-order chi connectivity index (χ0) is 10.5. The molecule has 0 aliphatic rings. The van der Waals surface area contributed by atoms with Crippen LogP contribution in [0.5, 0.6) is 0 Å². The van der Waals surface area contributed by atoms with Crippen LogP contribution in [0.2, 0.25) is 0 Å². The molecule has 0 aromatic heterocycles. The lowest BCUT2D eigenvalue weighted by molar-refractivity contribution is -0.140. The van der Waals surface area contributed by atoms with Crippen LogP contribution in [-0.2, 0) is 14.3 Å². The first kappa shape index (κ1) is 12.3. The molecule has 0 rings (SSSR count). The topological polar surface area (TPSA) is 43.4 Å². The molecule has 0 radical (unpaired) electrons. The molecule has 0 unspecified atom stereocenters. The van der Waals surface area contributed by atoms with Gasteiger partial charge in [-0.1, -0.05) is 6.92 Å². The van der Waals surface area contributed by atoms with Crippen molar-refractivity contribution < 1.29 is 14.3 Å². The van der Waals surface area contributed by atoms with Gasteiger partial charge in [0.1, 0.15) is 11.4 Å². The van der Waals surface area contributed by atoms with E-state index in [4.69, 9.17) is 4.74 Å². The van der Waals surface area contributed by atoms with Gasteiger partial charge in [0.25, 0.3) is 0 Å². The van der Waals surface area contributed by atoms with E-state index in [1.807, 2.05) is 6.92 Å². The lowest BCUT2D eigenvalue weighted by Crippen LogP contribution is -2.35. The lowest BCUT2D eigenvalue weighted by Gasteiger charge is -2.20. The molecule has 0 fully saturated rings. The Morgan fingerprint density at radius 1 is 1.31 bits per heavy atom. The zero-order valence-electron chi connectivity index (χ0n) is 8.85. The van der Waals surface area contributed by atoms with Crippen molar-refractivity contribution in [2.24, 2.45) is 0 Å². The zero-order valence-corrected chi connectivity index (χ0v) is 8.85. The van der Waals surface area contributed by atoms with Gasteiger partial charge >= 0.3 is 0 Å². The van der Waals surface area contributed by atoms with Gasteiger partial charge in [-0.25, -0.2) is 0 Å². The molecule has 3 nitrogen and oxygen atoms in total. The largest absolute Gasteiger partial charge is 0.371 e. The van der Waals surface area contributed by atoms with E-state index in [9.17, 15) is 9.59 Å². The number of carbonyl (C=O) groups excluding carboxylic acids is 2. The minimum atomic E-state index is -0.830. The lowest BCUT2D eigenvalue weighted by atomic mass is 9.97. The Bertz CT molecular complexity index is 194. The first-order valence-electron chi connectivity index (χ1n) is 4.54. The average Bonchev–Trinajstić information content (AvgIpc) is 2.04. The van der Waals surface area contributed by atoms with Gasteiger partial charge in [0.2, 0.25) is 0 Å². The summed E-state index contributed by atoms with van der Waals surface area (Å²) in [6.07, 6.45) is 1.26. The van der Waals surface area contributed by atoms with Crippen LogP contribution in [0.4, 0.5) is 0 Å². The van der Waals surface area contributed by atoms with Crippen LogP contribution in [0.1, 0.15) is 40.0 Å². The monoisotopic (exact) mass is 186 g/mol. The minimum Gasteiger partial charge on any atom is -0.371 e. The number of rotatable bonds is 6. The number of ketones is 2. The Kier molecular flexibility index (Phi) is 4.85.